The molecule has 9 heteroatoms. The summed E-state index contributed by atoms with van der Waals surface area (Å²) in [5, 5.41) is 5.24. The van der Waals surface area contributed by atoms with E-state index in [-0.39, 0.29) is 18.9 Å². The third kappa shape index (κ3) is 7.57. The van der Waals surface area contributed by atoms with Crippen molar-refractivity contribution in [3.63, 3.8) is 0 Å². The number of hydrogen-bond acceptors (Lipinski definition) is 7. The number of aromatic nitrogens is 1. The first kappa shape index (κ1) is 24.6. The van der Waals surface area contributed by atoms with E-state index >= 15 is 0 Å². The Morgan fingerprint density at radius 2 is 1.69 bits per heavy atom. The Kier molecular flexibility index (Phi) is 9.46. The van der Waals surface area contributed by atoms with E-state index in [0.29, 0.717) is 11.4 Å². The van der Waals surface area contributed by atoms with Crippen LogP contribution in [-0.4, -0.2) is 49.3 Å². The molecule has 0 aliphatic carbocycles. The van der Waals surface area contributed by atoms with E-state index < -0.39 is 30.1 Å². The van der Waals surface area contributed by atoms with E-state index in [0.717, 1.165) is 5.56 Å². The fraction of sp³-hybridized carbons (Fsp3) is 0.391. The maximum atomic E-state index is 12.9. The molecule has 2 N–H and O–H groups in total. The highest BCUT2D eigenvalue weighted by atomic mass is 16.5. The molecule has 0 radical (unpaired) electrons. The van der Waals surface area contributed by atoms with E-state index in [1.165, 1.54) is 14.2 Å². The van der Waals surface area contributed by atoms with Gasteiger partial charge in [0.25, 0.3) is 0 Å². The first-order valence-electron chi connectivity index (χ1n) is 10.2. The molecular formula is C23H29N3O6. The minimum absolute atomic E-state index is 0.0777. The number of alkyl carbamates (subject to hydrolysis) is 1. The van der Waals surface area contributed by atoms with Gasteiger partial charge in [-0.1, -0.05) is 50.2 Å². The zero-order valence-corrected chi connectivity index (χ0v) is 18.7. The summed E-state index contributed by atoms with van der Waals surface area (Å²) in [4.78, 5) is 41.5. The molecule has 2 atom stereocenters. The number of carbonyl (C=O) groups is 3. The maximum Gasteiger partial charge on any atom is 0.408 e. The third-order valence-corrected chi connectivity index (χ3v) is 4.68. The Bertz CT molecular complexity index is 886. The molecule has 0 aliphatic heterocycles. The molecule has 172 valence electrons. The van der Waals surface area contributed by atoms with Gasteiger partial charge in [0.05, 0.1) is 14.2 Å². The lowest BCUT2D eigenvalue weighted by Gasteiger charge is -2.24. The zero-order chi connectivity index (χ0) is 23.5. The number of rotatable bonds is 10. The second kappa shape index (κ2) is 12.3. The maximum absolute atomic E-state index is 12.9. The molecule has 2 rings (SSSR count). The summed E-state index contributed by atoms with van der Waals surface area (Å²) in [5.74, 6) is -0.942. The normalized spacial score (nSPS) is 12.4. The minimum atomic E-state index is -0.953. The van der Waals surface area contributed by atoms with Crippen LogP contribution in [0.3, 0.4) is 0 Å². The monoisotopic (exact) mass is 443 g/mol. The molecule has 9 nitrogen and oxygen atoms in total. The standard InChI is InChI=1S/C23H29N3O6/c1-15(2)20(26-23(29)32-14-16-8-6-5-7-9-16)21(27)25-18(22(28)31-4)12-17-10-11-19(30-3)24-13-17/h5-11,13,15,18,20H,12,14H2,1-4H3,(H,25,27)(H,26,29)/t18-,20-/m1/s1. The van der Waals surface area contributed by atoms with Crippen molar-refractivity contribution in [3.8, 4) is 5.88 Å². The SMILES string of the molecule is COC(=O)[C@@H](Cc1ccc(OC)nc1)NC(=O)[C@H](NC(=O)OCc1ccccc1)C(C)C. The zero-order valence-electron chi connectivity index (χ0n) is 18.7. The van der Waals surface area contributed by atoms with Gasteiger partial charge in [0, 0.05) is 18.7 Å². The Morgan fingerprint density at radius 3 is 2.25 bits per heavy atom. The second-order valence-electron chi connectivity index (χ2n) is 7.43. The Labute approximate surface area is 187 Å². The van der Waals surface area contributed by atoms with Crippen molar-refractivity contribution in [1.29, 1.82) is 0 Å². The summed E-state index contributed by atoms with van der Waals surface area (Å²) in [6.45, 7) is 3.64. The number of benzene rings is 1. The molecular weight excluding hydrogens is 414 g/mol. The third-order valence-electron chi connectivity index (χ3n) is 4.68. The van der Waals surface area contributed by atoms with E-state index in [2.05, 4.69) is 15.6 Å². The van der Waals surface area contributed by atoms with Gasteiger partial charge in [0.2, 0.25) is 11.8 Å². The van der Waals surface area contributed by atoms with Crippen molar-refractivity contribution in [2.75, 3.05) is 14.2 Å². The number of nitrogens with zero attached hydrogens (tertiary/aromatic N) is 1. The number of nitrogens with one attached hydrogen (secondary N) is 2. The van der Waals surface area contributed by atoms with Crippen LogP contribution >= 0.6 is 0 Å². The molecule has 2 aromatic rings. The van der Waals surface area contributed by atoms with Crippen LogP contribution in [0.25, 0.3) is 0 Å². The number of esters is 1. The molecule has 0 unspecified atom stereocenters. The summed E-state index contributed by atoms with van der Waals surface area (Å²) in [7, 11) is 2.75. The van der Waals surface area contributed by atoms with Crippen molar-refractivity contribution < 1.29 is 28.6 Å². The van der Waals surface area contributed by atoms with Gasteiger partial charge in [-0.2, -0.15) is 0 Å². The van der Waals surface area contributed by atoms with Crippen molar-refractivity contribution in [1.82, 2.24) is 15.6 Å². The molecule has 0 spiro atoms. The fourth-order valence-corrected chi connectivity index (χ4v) is 2.91. The van der Waals surface area contributed by atoms with Crippen LogP contribution in [0.15, 0.2) is 48.7 Å². The highest BCUT2D eigenvalue weighted by molar-refractivity contribution is 5.90. The van der Waals surface area contributed by atoms with Gasteiger partial charge in [0.1, 0.15) is 18.7 Å². The van der Waals surface area contributed by atoms with Crippen LogP contribution in [0.2, 0.25) is 0 Å². The molecule has 32 heavy (non-hydrogen) atoms. The van der Waals surface area contributed by atoms with Crippen LogP contribution in [-0.2, 0) is 32.1 Å². The summed E-state index contributed by atoms with van der Waals surface area (Å²) in [6, 6.07) is 10.7. The predicted octanol–water partition coefficient (Wildman–Crippen LogP) is 2.24. The molecule has 2 amide bonds. The number of carbonyl (C=O) groups excluding carboxylic acids is 3. The molecule has 0 fully saturated rings. The lowest BCUT2D eigenvalue weighted by molar-refractivity contribution is -0.145. The summed E-state index contributed by atoms with van der Waals surface area (Å²) >= 11 is 0. The van der Waals surface area contributed by atoms with Crippen LogP contribution in [0.5, 0.6) is 5.88 Å². The highest BCUT2D eigenvalue weighted by Gasteiger charge is 2.30. The van der Waals surface area contributed by atoms with Crippen LogP contribution < -0.4 is 15.4 Å². The average molecular weight is 444 g/mol. The Morgan fingerprint density at radius 1 is 0.969 bits per heavy atom. The van der Waals surface area contributed by atoms with Gasteiger partial charge in [-0.25, -0.2) is 14.6 Å². The average Bonchev–Trinajstić information content (AvgIpc) is 2.81. The van der Waals surface area contributed by atoms with Gasteiger partial charge in [-0.15, -0.1) is 0 Å². The summed E-state index contributed by atoms with van der Waals surface area (Å²) in [5.41, 5.74) is 1.53. The molecule has 0 saturated heterocycles. The lowest BCUT2D eigenvalue weighted by Crippen LogP contribution is -2.54. The van der Waals surface area contributed by atoms with E-state index in [4.69, 9.17) is 14.2 Å². The lowest BCUT2D eigenvalue weighted by atomic mass is 10.0. The van der Waals surface area contributed by atoms with Crippen LogP contribution in [0.1, 0.15) is 25.0 Å². The highest BCUT2D eigenvalue weighted by Crippen LogP contribution is 2.11. The molecule has 0 saturated carbocycles. The van der Waals surface area contributed by atoms with E-state index in [9.17, 15) is 14.4 Å². The quantitative estimate of drug-likeness (QED) is 0.541. The topological polar surface area (TPSA) is 116 Å². The van der Waals surface area contributed by atoms with Crippen molar-refractivity contribution in [2.45, 2.75) is 39.0 Å². The number of pyridine rings is 1. The minimum Gasteiger partial charge on any atom is -0.481 e. The van der Waals surface area contributed by atoms with Gasteiger partial charge in [0.15, 0.2) is 0 Å². The van der Waals surface area contributed by atoms with E-state index in [1.807, 2.05) is 30.3 Å². The van der Waals surface area contributed by atoms with E-state index in [1.54, 1.807) is 32.2 Å². The number of methoxy groups -OCH3 is 2. The molecule has 0 aliphatic rings. The van der Waals surface area contributed by atoms with Gasteiger partial charge in [-0.3, -0.25) is 4.79 Å². The van der Waals surface area contributed by atoms with Crippen LogP contribution in [0, 0.1) is 5.92 Å². The first-order chi connectivity index (χ1) is 15.3. The Hall–Kier alpha value is -3.62. The van der Waals surface area contributed by atoms with Crippen LogP contribution in [0.4, 0.5) is 4.79 Å². The first-order valence-corrected chi connectivity index (χ1v) is 10.2. The molecule has 1 heterocycles. The largest absolute Gasteiger partial charge is 0.481 e. The van der Waals surface area contributed by atoms with Crippen molar-refractivity contribution in [2.24, 2.45) is 5.92 Å². The van der Waals surface area contributed by atoms with Gasteiger partial charge in [-0.05, 0) is 17.0 Å². The number of amides is 2. The molecule has 1 aromatic heterocycles. The smallest absolute Gasteiger partial charge is 0.408 e. The molecule has 1 aromatic carbocycles. The predicted molar refractivity (Wildman–Crippen MR) is 117 cm³/mol. The van der Waals surface area contributed by atoms with Crippen molar-refractivity contribution in [3.05, 3.63) is 59.8 Å². The summed E-state index contributed by atoms with van der Waals surface area (Å²) in [6.07, 6.45) is 0.996. The van der Waals surface area contributed by atoms with Crippen molar-refractivity contribution >= 4 is 18.0 Å². The number of ether oxygens (including phenoxy) is 3. The van der Waals surface area contributed by atoms with Gasteiger partial charge >= 0.3 is 12.1 Å². The number of hydrogen-bond donors (Lipinski definition) is 2. The van der Waals surface area contributed by atoms with Gasteiger partial charge < -0.3 is 24.8 Å². The second-order valence-corrected chi connectivity index (χ2v) is 7.43. The summed E-state index contributed by atoms with van der Waals surface area (Å²) < 4.78 is 15.1. The Balaban J connectivity index is 2.01. The fourth-order valence-electron chi connectivity index (χ4n) is 2.91. The molecule has 0 bridgehead atoms.